The predicted octanol–water partition coefficient (Wildman–Crippen LogP) is 0.780. The molecule has 0 fully saturated rings. The van der Waals surface area contributed by atoms with Crippen molar-refractivity contribution < 1.29 is 24.2 Å². The van der Waals surface area contributed by atoms with Crippen molar-refractivity contribution >= 4 is 11.9 Å². The van der Waals surface area contributed by atoms with E-state index in [1.807, 2.05) is 0 Å². The highest BCUT2D eigenvalue weighted by molar-refractivity contribution is 5.98. The molecule has 0 aliphatic rings. The van der Waals surface area contributed by atoms with Crippen LogP contribution in [0.15, 0.2) is 10.5 Å². The molecule has 0 aliphatic heterocycles. The van der Waals surface area contributed by atoms with Crippen molar-refractivity contribution in [1.82, 2.24) is 14.8 Å². The molecule has 0 radical (unpaired) electrons. The fourth-order valence-corrected chi connectivity index (χ4v) is 1.53. The molecular weight excluding hydrogens is 242 g/mol. The molecule has 8 heteroatoms. The van der Waals surface area contributed by atoms with Crippen LogP contribution in [0.25, 0.3) is 11.6 Å². The topological polar surface area (TPSA) is 118 Å². The van der Waals surface area contributed by atoms with Crippen molar-refractivity contribution in [2.45, 2.75) is 6.92 Å². The zero-order chi connectivity index (χ0) is 13.4. The second-order valence-electron chi connectivity index (χ2n) is 3.60. The van der Waals surface area contributed by atoms with Gasteiger partial charge in [-0.3, -0.25) is 4.68 Å². The number of aromatic nitrogens is 3. The molecule has 0 bridgehead atoms. The Balaban J connectivity index is 2.60. The molecular formula is C10H9N3O5. The molecule has 18 heavy (non-hydrogen) atoms. The van der Waals surface area contributed by atoms with Gasteiger partial charge in [-0.25, -0.2) is 9.59 Å². The van der Waals surface area contributed by atoms with Crippen LogP contribution in [-0.2, 0) is 7.05 Å². The predicted molar refractivity (Wildman–Crippen MR) is 57.4 cm³/mol. The SMILES string of the molecule is Cc1cc(-c2nc(C(=O)O)c(C(=O)O)o2)n(C)n1. The minimum Gasteiger partial charge on any atom is -0.476 e. The van der Waals surface area contributed by atoms with Gasteiger partial charge in [-0.1, -0.05) is 0 Å². The molecule has 0 saturated heterocycles. The maximum Gasteiger partial charge on any atom is 0.374 e. The van der Waals surface area contributed by atoms with Gasteiger partial charge in [0.1, 0.15) is 5.69 Å². The molecule has 2 aromatic heterocycles. The van der Waals surface area contributed by atoms with Gasteiger partial charge in [0.2, 0.25) is 17.3 Å². The molecule has 0 atom stereocenters. The normalized spacial score (nSPS) is 10.6. The van der Waals surface area contributed by atoms with E-state index in [9.17, 15) is 9.59 Å². The molecule has 0 aliphatic carbocycles. The lowest BCUT2D eigenvalue weighted by molar-refractivity contribution is 0.0624. The molecule has 2 aromatic rings. The van der Waals surface area contributed by atoms with E-state index >= 15 is 0 Å². The van der Waals surface area contributed by atoms with Gasteiger partial charge in [0, 0.05) is 7.05 Å². The lowest BCUT2D eigenvalue weighted by Crippen LogP contribution is -2.05. The lowest BCUT2D eigenvalue weighted by Gasteiger charge is -1.94. The molecule has 0 unspecified atom stereocenters. The number of hydrogen-bond acceptors (Lipinski definition) is 5. The molecule has 0 aromatic carbocycles. The van der Waals surface area contributed by atoms with Crippen LogP contribution in [0.1, 0.15) is 26.7 Å². The van der Waals surface area contributed by atoms with Crippen molar-refractivity contribution in [3.8, 4) is 11.6 Å². The molecule has 0 amide bonds. The van der Waals surface area contributed by atoms with Gasteiger partial charge in [0.25, 0.3) is 0 Å². The first-order valence-electron chi connectivity index (χ1n) is 4.88. The maximum atomic E-state index is 10.9. The van der Waals surface area contributed by atoms with Crippen molar-refractivity contribution in [1.29, 1.82) is 0 Å². The largest absolute Gasteiger partial charge is 0.476 e. The Hall–Kier alpha value is -2.64. The van der Waals surface area contributed by atoms with Crippen LogP contribution in [0.5, 0.6) is 0 Å². The van der Waals surface area contributed by atoms with E-state index in [0.717, 1.165) is 0 Å². The monoisotopic (exact) mass is 251 g/mol. The first-order valence-corrected chi connectivity index (χ1v) is 4.88. The Labute approximate surface area is 100 Å². The van der Waals surface area contributed by atoms with E-state index in [4.69, 9.17) is 14.6 Å². The van der Waals surface area contributed by atoms with Gasteiger partial charge in [-0.15, -0.1) is 0 Å². The number of hydrogen-bond donors (Lipinski definition) is 2. The number of aryl methyl sites for hydroxylation is 2. The first-order chi connectivity index (χ1) is 8.40. The van der Waals surface area contributed by atoms with Crippen molar-refractivity contribution in [2.75, 3.05) is 0 Å². The molecule has 2 heterocycles. The Morgan fingerprint density at radius 1 is 1.33 bits per heavy atom. The molecule has 8 nitrogen and oxygen atoms in total. The van der Waals surface area contributed by atoms with Crippen LogP contribution >= 0.6 is 0 Å². The summed E-state index contributed by atoms with van der Waals surface area (Å²) in [6.45, 7) is 1.74. The number of carboxylic acid groups (broad SMARTS) is 2. The molecule has 0 saturated carbocycles. The maximum absolute atomic E-state index is 10.9. The highest BCUT2D eigenvalue weighted by Crippen LogP contribution is 2.22. The van der Waals surface area contributed by atoms with Gasteiger partial charge in [0.15, 0.2) is 0 Å². The summed E-state index contributed by atoms with van der Waals surface area (Å²) in [5.41, 5.74) is 0.457. The third-order valence-electron chi connectivity index (χ3n) is 2.25. The second kappa shape index (κ2) is 3.99. The number of carboxylic acids is 2. The quantitative estimate of drug-likeness (QED) is 0.827. The highest BCUT2D eigenvalue weighted by atomic mass is 16.4. The average molecular weight is 251 g/mol. The summed E-state index contributed by atoms with van der Waals surface area (Å²) in [6.07, 6.45) is 0. The summed E-state index contributed by atoms with van der Waals surface area (Å²) in [5, 5.41) is 21.7. The highest BCUT2D eigenvalue weighted by Gasteiger charge is 2.26. The Morgan fingerprint density at radius 2 is 2.00 bits per heavy atom. The number of carbonyl (C=O) groups is 2. The molecule has 2 rings (SSSR count). The summed E-state index contributed by atoms with van der Waals surface area (Å²) in [5.74, 6) is -3.73. The molecule has 2 N–H and O–H groups in total. The van der Waals surface area contributed by atoms with Crippen LogP contribution in [0.4, 0.5) is 0 Å². The van der Waals surface area contributed by atoms with E-state index in [-0.39, 0.29) is 5.89 Å². The zero-order valence-electron chi connectivity index (χ0n) is 9.54. The van der Waals surface area contributed by atoms with Gasteiger partial charge >= 0.3 is 11.9 Å². The fraction of sp³-hybridized carbons (Fsp3) is 0.200. The Morgan fingerprint density at radius 3 is 2.39 bits per heavy atom. The summed E-state index contributed by atoms with van der Waals surface area (Å²) in [7, 11) is 1.62. The summed E-state index contributed by atoms with van der Waals surface area (Å²) < 4.78 is 6.39. The average Bonchev–Trinajstić information content (AvgIpc) is 2.81. The van der Waals surface area contributed by atoms with E-state index in [0.29, 0.717) is 11.4 Å². The van der Waals surface area contributed by atoms with Gasteiger partial charge in [-0.2, -0.15) is 10.1 Å². The Bertz CT molecular complexity index is 608. The Kier molecular flexibility index (Phi) is 2.62. The fourth-order valence-electron chi connectivity index (χ4n) is 1.53. The van der Waals surface area contributed by atoms with Crippen LogP contribution in [0.2, 0.25) is 0 Å². The van der Waals surface area contributed by atoms with Crippen LogP contribution in [-0.4, -0.2) is 36.9 Å². The number of oxazole rings is 1. The molecule has 94 valence electrons. The van der Waals surface area contributed by atoms with E-state index in [2.05, 4.69) is 10.1 Å². The van der Waals surface area contributed by atoms with Gasteiger partial charge in [0.05, 0.1) is 5.69 Å². The van der Waals surface area contributed by atoms with Crippen molar-refractivity contribution in [2.24, 2.45) is 7.05 Å². The molecule has 0 spiro atoms. The van der Waals surface area contributed by atoms with Crippen LogP contribution in [0, 0.1) is 6.92 Å². The van der Waals surface area contributed by atoms with Crippen molar-refractivity contribution in [3.63, 3.8) is 0 Å². The van der Waals surface area contributed by atoms with E-state index in [1.165, 1.54) is 4.68 Å². The number of nitrogens with zero attached hydrogens (tertiary/aromatic N) is 3. The van der Waals surface area contributed by atoms with E-state index < -0.39 is 23.4 Å². The smallest absolute Gasteiger partial charge is 0.374 e. The minimum absolute atomic E-state index is 0.0899. The van der Waals surface area contributed by atoms with Crippen LogP contribution in [0.3, 0.4) is 0 Å². The van der Waals surface area contributed by atoms with E-state index in [1.54, 1.807) is 20.0 Å². The zero-order valence-corrected chi connectivity index (χ0v) is 9.54. The second-order valence-corrected chi connectivity index (χ2v) is 3.60. The summed E-state index contributed by atoms with van der Waals surface area (Å²) >= 11 is 0. The standard InChI is InChI=1S/C10H9N3O5/c1-4-3-5(13(2)12-4)8-11-6(9(14)15)7(18-8)10(16)17/h3H,1-2H3,(H,14,15)(H,16,17). The summed E-state index contributed by atoms with van der Waals surface area (Å²) in [4.78, 5) is 25.4. The van der Waals surface area contributed by atoms with Crippen LogP contribution < -0.4 is 0 Å². The summed E-state index contributed by atoms with van der Waals surface area (Å²) in [6, 6.07) is 1.61. The lowest BCUT2D eigenvalue weighted by atomic mass is 10.3. The third kappa shape index (κ3) is 1.83. The number of aromatic carboxylic acids is 2. The van der Waals surface area contributed by atoms with Gasteiger partial charge < -0.3 is 14.6 Å². The van der Waals surface area contributed by atoms with Gasteiger partial charge in [-0.05, 0) is 13.0 Å². The first kappa shape index (κ1) is 11.8. The minimum atomic E-state index is -1.48. The van der Waals surface area contributed by atoms with Crippen molar-refractivity contribution in [3.05, 3.63) is 23.2 Å². The third-order valence-corrected chi connectivity index (χ3v) is 2.25. The number of rotatable bonds is 3.